The number of ether oxygens (including phenoxy) is 1. The van der Waals surface area contributed by atoms with E-state index in [1.807, 2.05) is 0 Å². The molecule has 1 spiro atoms. The Morgan fingerprint density at radius 2 is 1.93 bits per heavy atom. The lowest BCUT2D eigenvalue weighted by Crippen LogP contribution is -2.44. The van der Waals surface area contributed by atoms with Crippen LogP contribution >= 0.6 is 0 Å². The van der Waals surface area contributed by atoms with Gasteiger partial charge in [0.1, 0.15) is 0 Å². The van der Waals surface area contributed by atoms with E-state index in [-0.39, 0.29) is 18.0 Å². The second kappa shape index (κ2) is 3.54. The van der Waals surface area contributed by atoms with E-state index < -0.39 is 0 Å². The molecule has 2 aliphatic rings. The molecule has 3 nitrogen and oxygen atoms in total. The van der Waals surface area contributed by atoms with Crippen LogP contribution in [0.5, 0.6) is 0 Å². The van der Waals surface area contributed by atoms with Gasteiger partial charge in [-0.1, -0.05) is 0 Å². The molecule has 0 bridgehead atoms. The Kier molecular flexibility index (Phi) is 2.52. The summed E-state index contributed by atoms with van der Waals surface area (Å²) in [5, 5.41) is 9.39. The zero-order chi connectivity index (χ0) is 10.2. The Morgan fingerprint density at radius 3 is 2.43 bits per heavy atom. The monoisotopic (exact) mass is 198 g/mol. The van der Waals surface area contributed by atoms with Crippen LogP contribution in [0.25, 0.3) is 0 Å². The molecule has 80 valence electrons. The molecule has 0 aromatic carbocycles. The number of hydrogen-bond acceptors (Lipinski definition) is 3. The molecule has 0 amide bonds. The van der Waals surface area contributed by atoms with Crippen molar-refractivity contribution >= 4 is 5.97 Å². The maximum absolute atomic E-state index is 11.2. The molecular formula is C11H18O3. The van der Waals surface area contributed by atoms with E-state index in [0.29, 0.717) is 5.41 Å². The van der Waals surface area contributed by atoms with Gasteiger partial charge in [0.25, 0.3) is 0 Å². The summed E-state index contributed by atoms with van der Waals surface area (Å²) in [5.41, 5.74) is 0.373. The molecule has 3 heteroatoms. The number of aliphatic hydroxyl groups excluding tert-OH is 1. The quantitative estimate of drug-likeness (QED) is 0.649. The largest absolute Gasteiger partial charge is 0.469 e. The van der Waals surface area contributed by atoms with Gasteiger partial charge in [-0.15, -0.1) is 0 Å². The first-order valence-electron chi connectivity index (χ1n) is 5.41. The molecule has 0 radical (unpaired) electrons. The predicted molar refractivity (Wildman–Crippen MR) is 51.6 cm³/mol. The summed E-state index contributed by atoms with van der Waals surface area (Å²) in [4.78, 5) is 11.2. The minimum absolute atomic E-state index is 0.0539. The molecule has 0 saturated heterocycles. The highest BCUT2D eigenvalue weighted by Crippen LogP contribution is 2.54. The summed E-state index contributed by atoms with van der Waals surface area (Å²) in [7, 11) is 1.46. The zero-order valence-corrected chi connectivity index (χ0v) is 8.66. The molecule has 0 aromatic heterocycles. The number of carbonyl (C=O) groups is 1. The summed E-state index contributed by atoms with van der Waals surface area (Å²) >= 11 is 0. The highest BCUT2D eigenvalue weighted by atomic mass is 16.5. The number of hydrogen-bond donors (Lipinski definition) is 1. The smallest absolute Gasteiger partial charge is 0.308 e. The lowest BCUT2D eigenvalue weighted by Gasteiger charge is -2.49. The molecule has 2 rings (SSSR count). The fourth-order valence-electron chi connectivity index (χ4n) is 2.94. The first-order chi connectivity index (χ1) is 6.65. The average Bonchev–Trinajstić information content (AvgIpc) is 2.15. The van der Waals surface area contributed by atoms with Crippen LogP contribution in [-0.2, 0) is 9.53 Å². The molecule has 0 heterocycles. The van der Waals surface area contributed by atoms with Crippen LogP contribution in [0.15, 0.2) is 0 Å². The summed E-state index contributed by atoms with van der Waals surface area (Å²) in [6.45, 7) is 0. The third-order valence-corrected chi connectivity index (χ3v) is 3.91. The molecule has 0 aliphatic heterocycles. The van der Waals surface area contributed by atoms with E-state index in [9.17, 15) is 9.90 Å². The van der Waals surface area contributed by atoms with Gasteiger partial charge in [-0.2, -0.15) is 0 Å². The molecule has 0 atom stereocenters. The number of rotatable bonds is 1. The van der Waals surface area contributed by atoms with Crippen molar-refractivity contribution in [2.75, 3.05) is 7.11 Å². The molecule has 1 N–H and O–H groups in total. The molecule has 2 fully saturated rings. The third kappa shape index (κ3) is 1.65. The highest BCUT2D eigenvalue weighted by molar-refractivity contribution is 5.73. The first kappa shape index (κ1) is 9.97. The standard InChI is InChI=1S/C11H18O3/c1-14-10(13)8-6-11(7-8)4-2-9(12)3-5-11/h8-9,12H,2-7H2,1H3. The van der Waals surface area contributed by atoms with E-state index in [4.69, 9.17) is 4.74 Å². The Bertz CT molecular complexity index is 221. The van der Waals surface area contributed by atoms with Gasteiger partial charge in [0.15, 0.2) is 0 Å². The van der Waals surface area contributed by atoms with Gasteiger partial charge in [-0.25, -0.2) is 0 Å². The summed E-state index contributed by atoms with van der Waals surface area (Å²) in [5.74, 6) is 0.0805. The van der Waals surface area contributed by atoms with E-state index in [1.165, 1.54) is 7.11 Å². The van der Waals surface area contributed by atoms with Crippen molar-refractivity contribution < 1.29 is 14.6 Å². The summed E-state index contributed by atoms with van der Waals surface area (Å²) in [6.07, 6.45) is 5.85. The Morgan fingerprint density at radius 1 is 1.36 bits per heavy atom. The summed E-state index contributed by atoms with van der Waals surface area (Å²) < 4.78 is 4.72. The topological polar surface area (TPSA) is 46.5 Å². The highest BCUT2D eigenvalue weighted by Gasteiger charge is 2.48. The molecule has 0 aromatic rings. The fraction of sp³-hybridized carbons (Fsp3) is 0.909. The molecule has 2 saturated carbocycles. The van der Waals surface area contributed by atoms with Crippen LogP contribution in [0.2, 0.25) is 0 Å². The number of aliphatic hydroxyl groups is 1. The van der Waals surface area contributed by atoms with E-state index >= 15 is 0 Å². The average molecular weight is 198 g/mol. The maximum Gasteiger partial charge on any atom is 0.308 e. The molecule has 14 heavy (non-hydrogen) atoms. The van der Waals surface area contributed by atoms with Gasteiger partial charge in [0.2, 0.25) is 0 Å². The van der Waals surface area contributed by atoms with Gasteiger partial charge in [-0.3, -0.25) is 4.79 Å². The van der Waals surface area contributed by atoms with Crippen LogP contribution in [0.4, 0.5) is 0 Å². The van der Waals surface area contributed by atoms with E-state index in [1.54, 1.807) is 0 Å². The van der Waals surface area contributed by atoms with Gasteiger partial charge < -0.3 is 9.84 Å². The summed E-state index contributed by atoms with van der Waals surface area (Å²) in [6, 6.07) is 0. The Labute approximate surface area is 84.4 Å². The number of carbonyl (C=O) groups excluding carboxylic acids is 1. The second-order valence-electron chi connectivity index (χ2n) is 4.86. The van der Waals surface area contributed by atoms with Crippen molar-refractivity contribution in [2.24, 2.45) is 11.3 Å². The molecule has 2 aliphatic carbocycles. The Balaban J connectivity index is 1.83. The minimum atomic E-state index is -0.0993. The van der Waals surface area contributed by atoms with Crippen molar-refractivity contribution in [3.63, 3.8) is 0 Å². The van der Waals surface area contributed by atoms with E-state index in [2.05, 4.69) is 0 Å². The SMILES string of the molecule is COC(=O)C1CC2(CCC(O)CC2)C1. The van der Waals surface area contributed by atoms with Crippen LogP contribution in [0.3, 0.4) is 0 Å². The number of methoxy groups -OCH3 is 1. The lowest BCUT2D eigenvalue weighted by atomic mass is 9.55. The fourth-order valence-corrected chi connectivity index (χ4v) is 2.94. The number of esters is 1. The normalized spacial score (nSPS) is 41.9. The van der Waals surface area contributed by atoms with Gasteiger partial charge in [0, 0.05) is 0 Å². The van der Waals surface area contributed by atoms with Crippen LogP contribution in [0, 0.1) is 11.3 Å². The van der Waals surface area contributed by atoms with Gasteiger partial charge >= 0.3 is 5.97 Å². The van der Waals surface area contributed by atoms with E-state index in [0.717, 1.165) is 38.5 Å². The van der Waals surface area contributed by atoms with Crippen molar-refractivity contribution in [1.29, 1.82) is 0 Å². The zero-order valence-electron chi connectivity index (χ0n) is 8.66. The van der Waals surface area contributed by atoms with Crippen molar-refractivity contribution in [3.05, 3.63) is 0 Å². The second-order valence-corrected chi connectivity index (χ2v) is 4.86. The van der Waals surface area contributed by atoms with Crippen LogP contribution in [0.1, 0.15) is 38.5 Å². The van der Waals surface area contributed by atoms with Crippen molar-refractivity contribution in [1.82, 2.24) is 0 Å². The van der Waals surface area contributed by atoms with Crippen molar-refractivity contribution in [3.8, 4) is 0 Å². The first-order valence-corrected chi connectivity index (χ1v) is 5.41. The van der Waals surface area contributed by atoms with Gasteiger partial charge in [0.05, 0.1) is 19.1 Å². The van der Waals surface area contributed by atoms with Crippen molar-refractivity contribution in [2.45, 2.75) is 44.6 Å². The molecule has 0 unspecified atom stereocenters. The van der Waals surface area contributed by atoms with Gasteiger partial charge in [-0.05, 0) is 43.9 Å². The van der Waals surface area contributed by atoms with Crippen LogP contribution in [-0.4, -0.2) is 24.3 Å². The lowest BCUT2D eigenvalue weighted by molar-refractivity contribution is -0.156. The van der Waals surface area contributed by atoms with Crippen LogP contribution < -0.4 is 0 Å². The molecular weight excluding hydrogens is 180 g/mol. The third-order valence-electron chi connectivity index (χ3n) is 3.91. The Hall–Kier alpha value is -0.570. The maximum atomic E-state index is 11.2. The predicted octanol–water partition coefficient (Wildman–Crippen LogP) is 1.49. The minimum Gasteiger partial charge on any atom is -0.469 e.